The predicted molar refractivity (Wildman–Crippen MR) is 79.5 cm³/mol. The van der Waals surface area contributed by atoms with Gasteiger partial charge >= 0.3 is 15.2 Å². The molecule has 0 aromatic carbocycles. The first-order valence-electron chi connectivity index (χ1n) is 6.34. The van der Waals surface area contributed by atoms with Gasteiger partial charge in [0.15, 0.2) is 5.40 Å². The normalized spacial score (nSPS) is 13.7. The molecule has 0 saturated carbocycles. The van der Waals surface area contributed by atoms with E-state index in [-0.39, 0.29) is 12.8 Å². The Morgan fingerprint density at radius 3 is 1.85 bits per heavy atom. The van der Waals surface area contributed by atoms with Crippen molar-refractivity contribution in [2.45, 2.75) is 51.9 Å². The minimum atomic E-state index is -4.79. The van der Waals surface area contributed by atoms with Gasteiger partial charge in [0.25, 0.3) is 0 Å². The minimum absolute atomic E-state index is 0.228. The summed E-state index contributed by atoms with van der Waals surface area (Å²) in [6, 6.07) is 0. The van der Waals surface area contributed by atoms with E-state index in [0.717, 1.165) is 18.4 Å². The zero-order valence-electron chi connectivity index (χ0n) is 12.1. The average Bonchev–Trinajstić information content (AvgIpc) is 2.20. The van der Waals surface area contributed by atoms with Crippen molar-refractivity contribution < 1.29 is 28.7 Å². The van der Waals surface area contributed by atoms with Gasteiger partial charge in [0.05, 0.1) is 0 Å². The smallest absolute Gasteiger partial charge is 0.324 e. The Morgan fingerprint density at radius 2 is 1.45 bits per heavy atom. The van der Waals surface area contributed by atoms with Crippen LogP contribution in [0.2, 0.25) is 0 Å². The largest absolute Gasteiger partial charge is 0.340 e. The van der Waals surface area contributed by atoms with Crippen molar-refractivity contribution in [1.29, 1.82) is 0 Å². The standard InChI is InChI=1S/C12H24O6P2/c1-10(2)6-4-7-11(3)8-5-9-12(19(13,14)15)20(16,17)18/h6,8,12H,4-5,7,9H2,1-3H3,(H2,13,14,15)(H2,16,17,18). The van der Waals surface area contributed by atoms with E-state index < -0.39 is 20.6 Å². The van der Waals surface area contributed by atoms with Crippen molar-refractivity contribution in [3.8, 4) is 0 Å². The van der Waals surface area contributed by atoms with Crippen molar-refractivity contribution in [3.63, 3.8) is 0 Å². The summed E-state index contributed by atoms with van der Waals surface area (Å²) in [6.45, 7) is 5.90. The van der Waals surface area contributed by atoms with Crippen LogP contribution in [-0.2, 0) is 9.13 Å². The lowest BCUT2D eigenvalue weighted by molar-refractivity contribution is 0.335. The van der Waals surface area contributed by atoms with Crippen LogP contribution in [0.15, 0.2) is 23.3 Å². The highest BCUT2D eigenvalue weighted by molar-refractivity contribution is 7.70. The molecule has 20 heavy (non-hydrogen) atoms. The Hall–Kier alpha value is -0.220. The molecule has 8 heteroatoms. The van der Waals surface area contributed by atoms with Gasteiger partial charge in [-0.2, -0.15) is 0 Å². The zero-order valence-corrected chi connectivity index (χ0v) is 13.8. The SMILES string of the molecule is CC(C)=CCCC(C)=CCCC(P(=O)(O)O)P(=O)(O)O. The zero-order chi connectivity index (χ0) is 16.0. The molecule has 0 saturated heterocycles. The fourth-order valence-electron chi connectivity index (χ4n) is 1.70. The van der Waals surface area contributed by atoms with E-state index in [9.17, 15) is 9.13 Å². The number of allylic oxidation sites excluding steroid dienone is 4. The Bertz CT molecular complexity index is 431. The first-order valence-corrected chi connectivity index (χ1v) is 9.70. The van der Waals surface area contributed by atoms with Gasteiger partial charge in [-0.25, -0.2) is 0 Å². The molecule has 0 atom stereocenters. The monoisotopic (exact) mass is 326 g/mol. The van der Waals surface area contributed by atoms with Crippen molar-refractivity contribution in [2.75, 3.05) is 0 Å². The molecule has 4 N–H and O–H groups in total. The Morgan fingerprint density at radius 1 is 0.950 bits per heavy atom. The maximum atomic E-state index is 11.1. The van der Waals surface area contributed by atoms with E-state index in [4.69, 9.17) is 19.6 Å². The number of rotatable bonds is 8. The first kappa shape index (κ1) is 19.8. The van der Waals surface area contributed by atoms with Gasteiger partial charge in [-0.05, 0) is 46.5 Å². The van der Waals surface area contributed by atoms with Gasteiger partial charge < -0.3 is 19.6 Å². The van der Waals surface area contributed by atoms with E-state index >= 15 is 0 Å². The van der Waals surface area contributed by atoms with Crippen LogP contribution in [0.5, 0.6) is 0 Å². The van der Waals surface area contributed by atoms with Crippen molar-refractivity contribution in [2.24, 2.45) is 0 Å². The fraction of sp³-hybridized carbons (Fsp3) is 0.667. The molecule has 0 spiro atoms. The Kier molecular flexibility index (Phi) is 8.19. The highest BCUT2D eigenvalue weighted by Gasteiger charge is 2.42. The highest BCUT2D eigenvalue weighted by Crippen LogP contribution is 2.61. The third-order valence-electron chi connectivity index (χ3n) is 2.79. The molecule has 0 fully saturated rings. The van der Waals surface area contributed by atoms with E-state index in [1.807, 2.05) is 20.8 Å². The van der Waals surface area contributed by atoms with Crippen LogP contribution < -0.4 is 0 Å². The first-order chi connectivity index (χ1) is 8.94. The van der Waals surface area contributed by atoms with Gasteiger partial charge in [0.2, 0.25) is 0 Å². The molecule has 0 aliphatic carbocycles. The summed E-state index contributed by atoms with van der Waals surface area (Å²) >= 11 is 0. The highest BCUT2D eigenvalue weighted by atomic mass is 31.2. The summed E-state index contributed by atoms with van der Waals surface area (Å²) in [5, 5.41) is -1.91. The summed E-state index contributed by atoms with van der Waals surface area (Å²) in [5.41, 5.74) is 2.26. The summed E-state index contributed by atoms with van der Waals surface area (Å²) < 4.78 is 22.1. The van der Waals surface area contributed by atoms with Crippen LogP contribution in [0.3, 0.4) is 0 Å². The Balaban J connectivity index is 4.48. The topological polar surface area (TPSA) is 115 Å². The molecular weight excluding hydrogens is 302 g/mol. The molecular formula is C12H24O6P2. The lowest BCUT2D eigenvalue weighted by Gasteiger charge is -2.18. The number of hydrogen-bond acceptors (Lipinski definition) is 2. The molecule has 0 radical (unpaired) electrons. The van der Waals surface area contributed by atoms with Crippen LogP contribution in [0.25, 0.3) is 0 Å². The second-order valence-electron chi connectivity index (χ2n) is 5.11. The van der Waals surface area contributed by atoms with Crippen LogP contribution >= 0.6 is 15.2 Å². The van der Waals surface area contributed by atoms with E-state index in [1.54, 1.807) is 6.08 Å². The molecule has 6 nitrogen and oxygen atoms in total. The number of hydrogen-bond donors (Lipinski definition) is 4. The second-order valence-corrected chi connectivity index (χ2v) is 9.12. The third kappa shape index (κ3) is 8.85. The molecule has 0 heterocycles. The molecule has 0 bridgehead atoms. The lowest BCUT2D eigenvalue weighted by atomic mass is 10.1. The van der Waals surface area contributed by atoms with Gasteiger partial charge in [0, 0.05) is 0 Å². The molecule has 0 amide bonds. The third-order valence-corrected chi connectivity index (χ3v) is 6.66. The molecule has 118 valence electrons. The lowest BCUT2D eigenvalue weighted by Crippen LogP contribution is -2.08. The van der Waals surface area contributed by atoms with Crippen LogP contribution in [0.4, 0.5) is 0 Å². The molecule has 0 rings (SSSR count). The van der Waals surface area contributed by atoms with Crippen molar-refractivity contribution in [3.05, 3.63) is 23.3 Å². The summed E-state index contributed by atoms with van der Waals surface area (Å²) in [4.78, 5) is 35.9. The fourth-order valence-corrected chi connectivity index (χ4v) is 4.24. The molecule has 0 unspecified atom stereocenters. The van der Waals surface area contributed by atoms with Crippen LogP contribution in [0, 0.1) is 0 Å². The quantitative estimate of drug-likeness (QED) is 0.402. The van der Waals surface area contributed by atoms with Gasteiger partial charge in [-0.3, -0.25) is 9.13 Å². The van der Waals surface area contributed by atoms with Crippen LogP contribution in [0.1, 0.15) is 46.5 Å². The average molecular weight is 326 g/mol. The van der Waals surface area contributed by atoms with Crippen molar-refractivity contribution >= 4 is 15.2 Å². The second kappa shape index (κ2) is 8.28. The van der Waals surface area contributed by atoms with E-state index in [2.05, 4.69) is 6.08 Å². The van der Waals surface area contributed by atoms with Gasteiger partial charge in [-0.1, -0.05) is 23.3 Å². The maximum absolute atomic E-state index is 11.1. The molecule has 0 aromatic heterocycles. The minimum Gasteiger partial charge on any atom is -0.324 e. The van der Waals surface area contributed by atoms with Crippen molar-refractivity contribution in [1.82, 2.24) is 0 Å². The van der Waals surface area contributed by atoms with Gasteiger partial charge in [0.1, 0.15) is 0 Å². The van der Waals surface area contributed by atoms with Gasteiger partial charge in [-0.15, -0.1) is 0 Å². The summed E-state index contributed by atoms with van der Waals surface area (Å²) in [6.07, 6.45) is 5.57. The molecule has 0 aromatic rings. The summed E-state index contributed by atoms with van der Waals surface area (Å²) in [7, 11) is -9.59. The predicted octanol–water partition coefficient (Wildman–Crippen LogP) is 3.14. The van der Waals surface area contributed by atoms with E-state index in [1.165, 1.54) is 5.57 Å². The van der Waals surface area contributed by atoms with Crippen LogP contribution in [-0.4, -0.2) is 25.0 Å². The van der Waals surface area contributed by atoms with E-state index in [0.29, 0.717) is 0 Å². The Labute approximate surface area is 119 Å². The maximum Gasteiger partial charge on any atom is 0.340 e. The molecule has 0 aliphatic rings. The molecule has 0 aliphatic heterocycles. The summed E-state index contributed by atoms with van der Waals surface area (Å²) in [5.74, 6) is 0.